The van der Waals surface area contributed by atoms with Crippen molar-refractivity contribution < 1.29 is 33.0 Å². The van der Waals surface area contributed by atoms with E-state index in [2.05, 4.69) is 15.0 Å². The minimum absolute atomic E-state index is 0.180. The molecule has 0 aliphatic rings. The van der Waals surface area contributed by atoms with E-state index < -0.39 is 17.9 Å². The lowest BCUT2D eigenvalue weighted by atomic mass is 10.1. The molecule has 0 spiro atoms. The van der Waals surface area contributed by atoms with Gasteiger partial charge >= 0.3 is 17.9 Å². The number of ether oxygens (including phenoxy) is 3. The summed E-state index contributed by atoms with van der Waals surface area (Å²) >= 11 is 0. The lowest BCUT2D eigenvalue weighted by molar-refractivity contribution is -0.138. The second-order valence-corrected chi connectivity index (χ2v) is 6.33. The van der Waals surface area contributed by atoms with Gasteiger partial charge in [-0.05, 0) is 17.7 Å². The average molecular weight is 424 g/mol. The van der Waals surface area contributed by atoms with Gasteiger partial charge in [-0.3, -0.25) is 0 Å². The number of rotatable bonds is 7. The first-order valence-corrected chi connectivity index (χ1v) is 9.15. The lowest BCUT2D eigenvalue weighted by Crippen LogP contribution is -2.16. The summed E-state index contributed by atoms with van der Waals surface area (Å²) in [7, 11) is 3.60. The minimum Gasteiger partial charge on any atom is -0.466 e. The predicted octanol–water partition coefficient (Wildman–Crippen LogP) is 2.85. The summed E-state index contributed by atoms with van der Waals surface area (Å²) in [6.45, 7) is 0. The van der Waals surface area contributed by atoms with Crippen molar-refractivity contribution in [2.75, 3.05) is 26.6 Å². The van der Waals surface area contributed by atoms with E-state index in [0.717, 1.165) is 11.6 Å². The van der Waals surface area contributed by atoms with E-state index in [1.807, 2.05) is 30.3 Å². The first-order chi connectivity index (χ1) is 14.9. The molecule has 0 aliphatic carbocycles. The monoisotopic (exact) mass is 424 g/mol. The number of methoxy groups -OCH3 is 3. The summed E-state index contributed by atoms with van der Waals surface area (Å²) in [5, 5.41) is 2.78. The second kappa shape index (κ2) is 9.57. The molecule has 2 aromatic carbocycles. The van der Waals surface area contributed by atoms with Crippen LogP contribution in [0, 0.1) is 0 Å². The summed E-state index contributed by atoms with van der Waals surface area (Å²) in [6, 6.07) is 12.5. The highest BCUT2D eigenvalue weighted by molar-refractivity contribution is 6.03. The number of carbonyl (C=O) groups is 3. The van der Waals surface area contributed by atoms with Crippen molar-refractivity contribution in [2.24, 2.45) is 0 Å². The maximum Gasteiger partial charge on any atom is 0.354 e. The van der Waals surface area contributed by atoms with Crippen LogP contribution < -0.4 is 5.32 Å². The summed E-state index contributed by atoms with van der Waals surface area (Å²) in [5.41, 5.74) is 1.85. The number of esters is 3. The van der Waals surface area contributed by atoms with E-state index in [-0.39, 0.29) is 16.9 Å². The van der Waals surface area contributed by atoms with Crippen LogP contribution in [0.25, 0.3) is 11.1 Å². The van der Waals surface area contributed by atoms with Crippen LogP contribution in [0.5, 0.6) is 0 Å². The van der Waals surface area contributed by atoms with Crippen molar-refractivity contribution in [1.29, 1.82) is 0 Å². The van der Waals surface area contributed by atoms with E-state index in [9.17, 15) is 14.4 Å². The van der Waals surface area contributed by atoms with Gasteiger partial charge < -0.3 is 23.9 Å². The molecule has 9 nitrogen and oxygen atoms in total. The molecule has 0 amide bonds. The fourth-order valence-corrected chi connectivity index (χ4v) is 2.83. The topological polar surface area (TPSA) is 117 Å². The highest BCUT2D eigenvalue weighted by Gasteiger charge is 2.20. The van der Waals surface area contributed by atoms with Crippen LogP contribution in [-0.2, 0) is 30.2 Å². The van der Waals surface area contributed by atoms with E-state index in [1.165, 1.54) is 33.5 Å². The SMILES string of the molecule is COC(=O)/C=C(/Nc1cc(C(=O)OC)cc2nc(Cc3ccccc3)oc12)C(=O)OC. The normalized spacial score (nSPS) is 11.1. The Labute approximate surface area is 177 Å². The second-order valence-electron chi connectivity index (χ2n) is 6.33. The molecule has 0 fully saturated rings. The van der Waals surface area contributed by atoms with Crippen LogP contribution in [0.4, 0.5) is 5.69 Å². The number of hydrogen-bond donors (Lipinski definition) is 1. The number of nitrogens with zero attached hydrogens (tertiary/aromatic N) is 1. The quantitative estimate of drug-likeness (QED) is 0.347. The van der Waals surface area contributed by atoms with E-state index in [1.54, 1.807) is 0 Å². The van der Waals surface area contributed by atoms with Crippen LogP contribution in [0.15, 0.2) is 58.7 Å². The van der Waals surface area contributed by atoms with Gasteiger partial charge in [0, 0.05) is 6.42 Å². The Morgan fingerprint density at radius 1 is 1.03 bits per heavy atom. The molecule has 0 saturated carbocycles. The maximum atomic E-state index is 12.1. The summed E-state index contributed by atoms with van der Waals surface area (Å²) in [6.07, 6.45) is 1.36. The molecular formula is C22H20N2O7. The Balaban J connectivity index is 2.08. The van der Waals surface area contributed by atoms with Crippen LogP contribution in [0.2, 0.25) is 0 Å². The number of aromatic nitrogens is 1. The van der Waals surface area contributed by atoms with Crippen molar-refractivity contribution in [1.82, 2.24) is 4.98 Å². The molecular weight excluding hydrogens is 404 g/mol. The molecule has 3 rings (SSSR count). The van der Waals surface area contributed by atoms with Gasteiger partial charge in [0.25, 0.3) is 0 Å². The van der Waals surface area contributed by atoms with E-state index >= 15 is 0 Å². The molecule has 1 aromatic heterocycles. The molecule has 31 heavy (non-hydrogen) atoms. The number of hydrogen-bond acceptors (Lipinski definition) is 9. The molecule has 3 aromatic rings. The van der Waals surface area contributed by atoms with Crippen molar-refractivity contribution in [3.05, 3.63) is 71.3 Å². The van der Waals surface area contributed by atoms with Gasteiger partial charge in [-0.1, -0.05) is 30.3 Å². The van der Waals surface area contributed by atoms with Gasteiger partial charge in [0.15, 0.2) is 11.5 Å². The Hall–Kier alpha value is -4.14. The Morgan fingerprint density at radius 3 is 2.42 bits per heavy atom. The van der Waals surface area contributed by atoms with Crippen LogP contribution in [0.1, 0.15) is 21.8 Å². The summed E-state index contributed by atoms with van der Waals surface area (Å²) in [4.78, 5) is 40.4. The molecule has 0 bridgehead atoms. The molecule has 0 aliphatic heterocycles. The van der Waals surface area contributed by atoms with E-state index in [0.29, 0.717) is 23.4 Å². The lowest BCUT2D eigenvalue weighted by Gasteiger charge is -2.10. The van der Waals surface area contributed by atoms with Gasteiger partial charge in [0.2, 0.25) is 0 Å². The van der Waals surface area contributed by atoms with Gasteiger partial charge in [-0.15, -0.1) is 0 Å². The minimum atomic E-state index is -0.814. The van der Waals surface area contributed by atoms with Crippen molar-refractivity contribution in [3.63, 3.8) is 0 Å². The van der Waals surface area contributed by atoms with Gasteiger partial charge in [0.05, 0.1) is 38.7 Å². The molecule has 0 atom stereocenters. The number of anilines is 1. The third-order valence-corrected chi connectivity index (χ3v) is 4.29. The highest BCUT2D eigenvalue weighted by atomic mass is 16.5. The number of oxazole rings is 1. The molecule has 160 valence electrons. The molecule has 0 saturated heterocycles. The Bertz CT molecular complexity index is 1150. The zero-order valence-corrected chi connectivity index (χ0v) is 17.1. The third-order valence-electron chi connectivity index (χ3n) is 4.29. The smallest absolute Gasteiger partial charge is 0.354 e. The zero-order valence-electron chi connectivity index (χ0n) is 17.1. The van der Waals surface area contributed by atoms with E-state index in [4.69, 9.17) is 13.9 Å². The Morgan fingerprint density at radius 2 is 1.77 bits per heavy atom. The number of benzene rings is 2. The number of carbonyl (C=O) groups excluding carboxylic acids is 3. The van der Waals surface area contributed by atoms with Crippen LogP contribution in [-0.4, -0.2) is 44.2 Å². The van der Waals surface area contributed by atoms with Gasteiger partial charge in [-0.25, -0.2) is 19.4 Å². The Kier molecular flexibility index (Phi) is 6.66. The number of nitrogens with one attached hydrogen (secondary N) is 1. The summed E-state index contributed by atoms with van der Waals surface area (Å²) in [5.74, 6) is -1.78. The third kappa shape index (κ3) is 5.08. The number of fused-ring (bicyclic) bond motifs is 1. The molecule has 0 unspecified atom stereocenters. The first kappa shape index (κ1) is 21.6. The first-order valence-electron chi connectivity index (χ1n) is 9.15. The molecule has 1 heterocycles. The molecule has 9 heteroatoms. The summed E-state index contributed by atoms with van der Waals surface area (Å²) < 4.78 is 20.0. The van der Waals surface area contributed by atoms with Gasteiger partial charge in [0.1, 0.15) is 11.2 Å². The van der Waals surface area contributed by atoms with Crippen molar-refractivity contribution in [3.8, 4) is 0 Å². The molecule has 1 N–H and O–H groups in total. The fraction of sp³-hybridized carbons (Fsp3) is 0.182. The molecule has 0 radical (unpaired) electrons. The maximum absolute atomic E-state index is 12.1. The van der Waals surface area contributed by atoms with Gasteiger partial charge in [-0.2, -0.15) is 0 Å². The van der Waals surface area contributed by atoms with Crippen LogP contribution >= 0.6 is 0 Å². The highest BCUT2D eigenvalue weighted by Crippen LogP contribution is 2.29. The fourth-order valence-electron chi connectivity index (χ4n) is 2.83. The standard InChI is InChI=1S/C22H20N2O7/c1-28-19(25)12-17(22(27)30-3)23-15-10-14(21(26)29-2)11-16-20(15)31-18(24-16)9-13-7-5-4-6-8-13/h4-8,10-12,23H,9H2,1-3H3/b17-12+. The largest absolute Gasteiger partial charge is 0.466 e. The van der Waals surface area contributed by atoms with Crippen molar-refractivity contribution in [2.45, 2.75) is 6.42 Å². The predicted molar refractivity (Wildman–Crippen MR) is 110 cm³/mol. The van der Waals surface area contributed by atoms with Crippen molar-refractivity contribution >= 4 is 34.7 Å². The van der Waals surface area contributed by atoms with Crippen LogP contribution in [0.3, 0.4) is 0 Å². The average Bonchev–Trinajstić information content (AvgIpc) is 3.20. The zero-order chi connectivity index (χ0) is 22.4.